The number of carbonyl (C=O) groups excluding carboxylic acids is 3. The quantitative estimate of drug-likeness (QED) is 0.486. The van der Waals surface area contributed by atoms with Crippen LogP contribution in [0.4, 0.5) is 10.5 Å². The fraction of sp³-hybridized carbons (Fsp3) is 0.389. The van der Waals surface area contributed by atoms with Gasteiger partial charge in [-0.05, 0) is 38.5 Å². The average molecular weight is 361 g/mol. The van der Waals surface area contributed by atoms with Gasteiger partial charge >= 0.3 is 6.09 Å². The normalized spacial score (nSPS) is 15.3. The lowest BCUT2D eigenvalue weighted by Gasteiger charge is -2.35. The molecule has 0 unspecified atom stereocenters. The van der Waals surface area contributed by atoms with E-state index in [1.807, 2.05) is 0 Å². The number of nitrogens with zero attached hydrogens (tertiary/aromatic N) is 2. The van der Waals surface area contributed by atoms with Crippen molar-refractivity contribution in [1.29, 1.82) is 0 Å². The highest BCUT2D eigenvalue weighted by atomic mass is 16.6. The second-order valence-corrected chi connectivity index (χ2v) is 6.82. The van der Waals surface area contributed by atoms with Crippen molar-refractivity contribution in [3.63, 3.8) is 0 Å². The number of rotatable bonds is 3. The molecule has 2 rings (SSSR count). The van der Waals surface area contributed by atoms with Crippen molar-refractivity contribution >= 4 is 29.7 Å². The lowest BCUT2D eigenvalue weighted by atomic mass is 10.1. The van der Waals surface area contributed by atoms with E-state index in [-0.39, 0.29) is 12.5 Å². The second-order valence-electron chi connectivity index (χ2n) is 6.82. The molecule has 0 atom stereocenters. The Bertz CT molecular complexity index is 724. The summed E-state index contributed by atoms with van der Waals surface area (Å²) in [4.78, 5) is 38.8. The number of ether oxygens (including phenoxy) is 1. The first-order valence-electron chi connectivity index (χ1n) is 8.21. The number of hydrogen-bond acceptors (Lipinski definition) is 5. The van der Waals surface area contributed by atoms with E-state index in [0.29, 0.717) is 24.3 Å². The zero-order valence-electron chi connectivity index (χ0n) is 15.1. The summed E-state index contributed by atoms with van der Waals surface area (Å²) in [7, 11) is 0. The first kappa shape index (κ1) is 19.5. The van der Waals surface area contributed by atoms with Crippen LogP contribution in [-0.4, -0.2) is 53.3 Å². The SMILES string of the molecule is CC(C)(C)OC(=O)N1CCN(c2ccccc2/C=C/C(=O)NO)C(=O)C1. The highest BCUT2D eigenvalue weighted by Gasteiger charge is 2.31. The van der Waals surface area contributed by atoms with E-state index < -0.39 is 17.6 Å². The van der Waals surface area contributed by atoms with Crippen molar-refractivity contribution in [2.24, 2.45) is 0 Å². The first-order valence-corrected chi connectivity index (χ1v) is 8.21. The van der Waals surface area contributed by atoms with Gasteiger partial charge in [0.1, 0.15) is 12.1 Å². The summed E-state index contributed by atoms with van der Waals surface area (Å²) in [5.41, 5.74) is 2.17. The Hall–Kier alpha value is -2.87. The van der Waals surface area contributed by atoms with Crippen molar-refractivity contribution in [2.45, 2.75) is 26.4 Å². The number of hydroxylamine groups is 1. The van der Waals surface area contributed by atoms with Crippen LogP contribution in [0, 0.1) is 0 Å². The van der Waals surface area contributed by atoms with E-state index in [1.54, 1.807) is 49.9 Å². The summed E-state index contributed by atoms with van der Waals surface area (Å²) in [5, 5.41) is 8.57. The number of piperazine rings is 1. The number of carbonyl (C=O) groups is 3. The largest absolute Gasteiger partial charge is 0.444 e. The van der Waals surface area contributed by atoms with Crippen LogP contribution in [-0.2, 0) is 14.3 Å². The van der Waals surface area contributed by atoms with Gasteiger partial charge in [-0.2, -0.15) is 0 Å². The smallest absolute Gasteiger partial charge is 0.410 e. The van der Waals surface area contributed by atoms with E-state index >= 15 is 0 Å². The molecule has 0 bridgehead atoms. The molecule has 8 nitrogen and oxygen atoms in total. The third-order valence-electron chi connectivity index (χ3n) is 3.62. The van der Waals surface area contributed by atoms with Crippen LogP contribution in [0.25, 0.3) is 6.08 Å². The topological polar surface area (TPSA) is 99.2 Å². The fourth-order valence-corrected chi connectivity index (χ4v) is 2.49. The molecule has 0 aliphatic carbocycles. The predicted octanol–water partition coefficient (Wildman–Crippen LogP) is 1.79. The van der Waals surface area contributed by atoms with Gasteiger partial charge in [0.05, 0.1) is 5.69 Å². The number of nitrogens with one attached hydrogen (secondary N) is 1. The van der Waals surface area contributed by atoms with Gasteiger partial charge in [0.25, 0.3) is 5.91 Å². The molecule has 0 radical (unpaired) electrons. The maximum atomic E-state index is 12.6. The Balaban J connectivity index is 2.13. The molecule has 1 aliphatic heterocycles. The van der Waals surface area contributed by atoms with Crippen molar-refractivity contribution in [3.8, 4) is 0 Å². The van der Waals surface area contributed by atoms with Gasteiger partial charge in [-0.25, -0.2) is 10.3 Å². The number of hydrogen-bond donors (Lipinski definition) is 2. The van der Waals surface area contributed by atoms with Crippen LogP contribution in [0.5, 0.6) is 0 Å². The fourth-order valence-electron chi connectivity index (χ4n) is 2.49. The van der Waals surface area contributed by atoms with Crippen LogP contribution in [0.2, 0.25) is 0 Å². The molecular formula is C18H23N3O5. The van der Waals surface area contributed by atoms with E-state index in [4.69, 9.17) is 9.94 Å². The molecule has 26 heavy (non-hydrogen) atoms. The van der Waals surface area contributed by atoms with Crippen molar-refractivity contribution in [3.05, 3.63) is 35.9 Å². The second kappa shape index (κ2) is 8.01. The number of para-hydroxylation sites is 1. The predicted molar refractivity (Wildman–Crippen MR) is 95.6 cm³/mol. The van der Waals surface area contributed by atoms with Gasteiger partial charge in [-0.15, -0.1) is 0 Å². The molecule has 0 spiro atoms. The number of benzene rings is 1. The Morgan fingerprint density at radius 2 is 1.92 bits per heavy atom. The lowest BCUT2D eigenvalue weighted by Crippen LogP contribution is -2.53. The third-order valence-corrected chi connectivity index (χ3v) is 3.62. The first-order chi connectivity index (χ1) is 12.2. The third kappa shape index (κ3) is 5.06. The molecule has 0 aromatic heterocycles. The summed E-state index contributed by atoms with van der Waals surface area (Å²) < 4.78 is 5.30. The Labute approximate surface area is 152 Å². The molecule has 1 aromatic carbocycles. The number of amides is 3. The summed E-state index contributed by atoms with van der Waals surface area (Å²) in [5.74, 6) is -0.907. The standard InChI is InChI=1S/C18H23N3O5/c1-18(2,3)26-17(24)20-10-11-21(16(23)12-20)14-7-5-4-6-13(14)8-9-15(22)19-25/h4-9,25H,10-12H2,1-3H3,(H,19,22)/b9-8+. The van der Waals surface area contributed by atoms with Gasteiger partial charge in [-0.3, -0.25) is 19.7 Å². The highest BCUT2D eigenvalue weighted by molar-refractivity contribution is 6.00. The number of anilines is 1. The van der Waals surface area contributed by atoms with Crippen molar-refractivity contribution in [2.75, 3.05) is 24.5 Å². The summed E-state index contributed by atoms with van der Waals surface area (Å²) >= 11 is 0. The monoisotopic (exact) mass is 361 g/mol. The Kier molecular flexibility index (Phi) is 5.99. The van der Waals surface area contributed by atoms with Crippen LogP contribution >= 0.6 is 0 Å². The van der Waals surface area contributed by atoms with Gasteiger partial charge in [-0.1, -0.05) is 18.2 Å². The molecular weight excluding hydrogens is 338 g/mol. The van der Waals surface area contributed by atoms with Crippen molar-refractivity contribution in [1.82, 2.24) is 10.4 Å². The summed E-state index contributed by atoms with van der Waals surface area (Å²) in [6, 6.07) is 7.08. The molecule has 1 heterocycles. The van der Waals surface area contributed by atoms with Crippen LogP contribution < -0.4 is 10.4 Å². The molecule has 1 fully saturated rings. The summed E-state index contributed by atoms with van der Waals surface area (Å²) in [6.07, 6.45) is 2.16. The van der Waals surface area contributed by atoms with Crippen LogP contribution in [0.3, 0.4) is 0 Å². The van der Waals surface area contributed by atoms with Gasteiger partial charge in [0.2, 0.25) is 5.91 Å². The molecule has 8 heteroatoms. The van der Waals surface area contributed by atoms with Crippen molar-refractivity contribution < 1.29 is 24.3 Å². The summed E-state index contributed by atoms with van der Waals surface area (Å²) in [6.45, 7) is 5.89. The molecule has 1 aliphatic rings. The van der Waals surface area contributed by atoms with Crippen LogP contribution in [0.15, 0.2) is 30.3 Å². The maximum Gasteiger partial charge on any atom is 0.410 e. The zero-order chi connectivity index (χ0) is 19.3. The van der Waals surface area contributed by atoms with E-state index in [0.717, 1.165) is 0 Å². The van der Waals surface area contributed by atoms with Crippen LogP contribution in [0.1, 0.15) is 26.3 Å². The van der Waals surface area contributed by atoms with E-state index in [9.17, 15) is 14.4 Å². The van der Waals surface area contributed by atoms with E-state index in [1.165, 1.54) is 22.5 Å². The van der Waals surface area contributed by atoms with Gasteiger partial charge in [0, 0.05) is 19.2 Å². The minimum Gasteiger partial charge on any atom is -0.444 e. The average Bonchev–Trinajstić information content (AvgIpc) is 2.58. The highest BCUT2D eigenvalue weighted by Crippen LogP contribution is 2.24. The zero-order valence-corrected chi connectivity index (χ0v) is 15.1. The molecule has 1 aromatic rings. The Morgan fingerprint density at radius 1 is 1.23 bits per heavy atom. The molecule has 3 amide bonds. The minimum atomic E-state index is -0.666. The lowest BCUT2D eigenvalue weighted by molar-refractivity contribution is -0.124. The van der Waals surface area contributed by atoms with Gasteiger partial charge in [0.15, 0.2) is 0 Å². The molecule has 2 N–H and O–H groups in total. The maximum absolute atomic E-state index is 12.6. The molecule has 0 saturated carbocycles. The van der Waals surface area contributed by atoms with Gasteiger partial charge < -0.3 is 9.64 Å². The molecule has 140 valence electrons. The molecule has 1 saturated heterocycles. The van der Waals surface area contributed by atoms with E-state index in [2.05, 4.69) is 0 Å². The minimum absolute atomic E-state index is 0.0793. The Morgan fingerprint density at radius 3 is 2.54 bits per heavy atom.